The monoisotopic (exact) mass is 204 g/mol. The van der Waals surface area contributed by atoms with Gasteiger partial charge in [0.25, 0.3) is 0 Å². The van der Waals surface area contributed by atoms with Crippen LogP contribution >= 0.6 is 0 Å². The van der Waals surface area contributed by atoms with Gasteiger partial charge >= 0.3 is 0 Å². The summed E-state index contributed by atoms with van der Waals surface area (Å²) in [7, 11) is 4.44. The van der Waals surface area contributed by atoms with Crippen molar-refractivity contribution in [3.05, 3.63) is 35.1 Å². The van der Waals surface area contributed by atoms with Gasteiger partial charge in [-0.2, -0.15) is 0 Å². The highest BCUT2D eigenvalue weighted by Crippen LogP contribution is 2.12. The van der Waals surface area contributed by atoms with Gasteiger partial charge in [0.15, 0.2) is 0 Å². The maximum Gasteiger partial charge on any atom is 0.108 e. The third-order valence-corrected chi connectivity index (χ3v) is 2.53. The molecule has 0 aromatic carbocycles. The second kappa shape index (κ2) is 6.33. The number of rotatable bonds is 4. The van der Waals surface area contributed by atoms with E-state index >= 15 is 0 Å². The van der Waals surface area contributed by atoms with Gasteiger partial charge in [-0.1, -0.05) is 25.3 Å². The lowest BCUT2D eigenvalue weighted by Gasteiger charge is -2.29. The lowest BCUT2D eigenvalue weighted by Crippen LogP contribution is -2.41. The molecule has 0 heterocycles. The standard InChI is InChI=1S/C14H22N/c1-7-9-10-11-14(13(3)4)12-15(5,6)8-2/h13H,1,8,12H2,2-6H3/q+1. The first-order valence-electron chi connectivity index (χ1n) is 5.38. The molecular weight excluding hydrogens is 182 g/mol. The maximum atomic E-state index is 3.44. The zero-order valence-corrected chi connectivity index (χ0v) is 10.6. The molecule has 0 aliphatic rings. The van der Waals surface area contributed by atoms with Gasteiger partial charge in [-0.25, -0.2) is 0 Å². The first kappa shape index (κ1) is 13.8. The van der Waals surface area contributed by atoms with Crippen LogP contribution < -0.4 is 0 Å². The van der Waals surface area contributed by atoms with Crippen LogP contribution in [-0.4, -0.2) is 31.7 Å². The summed E-state index contributed by atoms with van der Waals surface area (Å²) in [6, 6.07) is 0. The van der Waals surface area contributed by atoms with Crippen molar-refractivity contribution in [1.82, 2.24) is 0 Å². The van der Waals surface area contributed by atoms with E-state index in [1.165, 1.54) is 5.57 Å². The second-order valence-electron chi connectivity index (χ2n) is 4.64. The summed E-state index contributed by atoms with van der Waals surface area (Å²) >= 11 is 0. The van der Waals surface area contributed by atoms with E-state index in [1.807, 2.05) is 0 Å². The van der Waals surface area contributed by atoms with Crippen molar-refractivity contribution < 1.29 is 4.48 Å². The normalized spacial score (nSPS) is 10.0. The molecule has 0 N–H and O–H groups in total. The molecule has 0 saturated heterocycles. The molecule has 0 spiro atoms. The topological polar surface area (TPSA) is 0 Å². The van der Waals surface area contributed by atoms with Crippen LogP contribution in [0.1, 0.15) is 20.8 Å². The summed E-state index contributed by atoms with van der Waals surface area (Å²) < 4.78 is 0.972. The zero-order valence-electron chi connectivity index (χ0n) is 10.6. The fraction of sp³-hybridized carbons (Fsp3) is 0.571. The van der Waals surface area contributed by atoms with Crippen molar-refractivity contribution in [2.45, 2.75) is 20.8 Å². The second-order valence-corrected chi connectivity index (χ2v) is 4.64. The van der Waals surface area contributed by atoms with Crippen LogP contribution in [0.2, 0.25) is 0 Å². The Balaban J connectivity index is 5.12. The first-order valence-corrected chi connectivity index (χ1v) is 5.38. The lowest BCUT2D eigenvalue weighted by molar-refractivity contribution is -0.884. The fourth-order valence-electron chi connectivity index (χ4n) is 1.10. The van der Waals surface area contributed by atoms with Crippen LogP contribution in [0.4, 0.5) is 0 Å². The summed E-state index contributed by atoms with van der Waals surface area (Å²) in [6.45, 7) is 12.1. The van der Waals surface area contributed by atoms with Crippen molar-refractivity contribution in [3.63, 3.8) is 0 Å². The molecule has 1 heteroatoms. The van der Waals surface area contributed by atoms with Gasteiger partial charge in [-0.05, 0) is 30.9 Å². The average Bonchev–Trinajstić information content (AvgIpc) is 2.16. The minimum absolute atomic E-state index is 0.494. The Bertz CT molecular complexity index is 349. The molecule has 1 nitrogen and oxygen atoms in total. The molecule has 0 aliphatic heterocycles. The maximum absolute atomic E-state index is 3.44. The molecule has 0 saturated carbocycles. The van der Waals surface area contributed by atoms with Crippen LogP contribution in [0.25, 0.3) is 0 Å². The molecule has 82 valence electrons. The lowest BCUT2D eigenvalue weighted by atomic mass is 10.0. The van der Waals surface area contributed by atoms with E-state index in [9.17, 15) is 0 Å². The van der Waals surface area contributed by atoms with E-state index < -0.39 is 0 Å². The Morgan fingerprint density at radius 3 is 2.27 bits per heavy atom. The van der Waals surface area contributed by atoms with Crippen LogP contribution in [0.15, 0.2) is 35.1 Å². The summed E-state index contributed by atoms with van der Waals surface area (Å²) in [5.74, 6) is 0.494. The Morgan fingerprint density at radius 2 is 1.87 bits per heavy atom. The molecule has 0 aromatic rings. The highest BCUT2D eigenvalue weighted by molar-refractivity contribution is 5.04. The largest absolute Gasteiger partial charge is 0.325 e. The molecule has 15 heavy (non-hydrogen) atoms. The highest BCUT2D eigenvalue weighted by atomic mass is 15.3. The Kier molecular flexibility index (Phi) is 5.83. The molecule has 0 atom stereocenters. The van der Waals surface area contributed by atoms with Gasteiger partial charge in [0.05, 0.1) is 20.6 Å². The minimum atomic E-state index is 0.494. The predicted octanol–water partition coefficient (Wildman–Crippen LogP) is 2.92. The number of likely N-dealkylation sites (N-methyl/N-ethyl adjacent to an activating group) is 1. The SMILES string of the molecule is C=C=C=C=C=C(C[N+](C)(C)CC)C(C)C. The third-order valence-electron chi connectivity index (χ3n) is 2.53. The first-order chi connectivity index (χ1) is 6.93. The Labute approximate surface area is 94.0 Å². The van der Waals surface area contributed by atoms with Crippen LogP contribution in [0.5, 0.6) is 0 Å². The number of nitrogens with zero attached hydrogens (tertiary/aromatic N) is 1. The van der Waals surface area contributed by atoms with E-state index in [0.29, 0.717) is 5.92 Å². The number of hydrogen-bond acceptors (Lipinski definition) is 0. The summed E-state index contributed by atoms with van der Waals surface area (Å²) in [6.07, 6.45) is 0. The summed E-state index contributed by atoms with van der Waals surface area (Å²) in [4.78, 5) is 0. The molecule has 0 fully saturated rings. The van der Waals surface area contributed by atoms with Gasteiger partial charge in [-0.15, -0.1) is 0 Å². The van der Waals surface area contributed by atoms with Gasteiger partial charge < -0.3 is 4.48 Å². The molecule has 0 aliphatic carbocycles. The van der Waals surface area contributed by atoms with Crippen LogP contribution in [-0.2, 0) is 0 Å². The van der Waals surface area contributed by atoms with E-state index in [0.717, 1.165) is 17.6 Å². The molecule has 0 amide bonds. The zero-order chi connectivity index (χ0) is 11.9. The van der Waals surface area contributed by atoms with E-state index in [1.54, 1.807) is 0 Å². The van der Waals surface area contributed by atoms with Crippen molar-refractivity contribution in [2.75, 3.05) is 27.2 Å². The molecule has 0 radical (unpaired) electrons. The van der Waals surface area contributed by atoms with Gasteiger partial charge in [0.2, 0.25) is 0 Å². The summed E-state index contributed by atoms with van der Waals surface area (Å²) in [5, 5.41) is 0. The molecule has 0 rings (SSSR count). The van der Waals surface area contributed by atoms with Gasteiger partial charge in [-0.3, -0.25) is 0 Å². The molecule has 0 aromatic heterocycles. The Morgan fingerprint density at radius 1 is 1.27 bits per heavy atom. The van der Waals surface area contributed by atoms with Crippen molar-refractivity contribution >= 4 is 0 Å². The van der Waals surface area contributed by atoms with Crippen molar-refractivity contribution in [3.8, 4) is 0 Å². The smallest absolute Gasteiger partial charge is 0.108 e. The van der Waals surface area contributed by atoms with Crippen LogP contribution in [0, 0.1) is 5.92 Å². The quantitative estimate of drug-likeness (QED) is 0.488. The minimum Gasteiger partial charge on any atom is -0.325 e. The van der Waals surface area contributed by atoms with Crippen molar-refractivity contribution in [1.29, 1.82) is 0 Å². The van der Waals surface area contributed by atoms with Gasteiger partial charge in [0, 0.05) is 5.57 Å². The van der Waals surface area contributed by atoms with Crippen molar-refractivity contribution in [2.24, 2.45) is 5.92 Å². The predicted molar refractivity (Wildman–Crippen MR) is 65.5 cm³/mol. The molecule has 0 unspecified atom stereocenters. The summed E-state index contributed by atoms with van der Waals surface area (Å²) in [5.41, 5.74) is 12.5. The Hall–Kier alpha value is -1.18. The van der Waals surface area contributed by atoms with Gasteiger partial charge in [0.1, 0.15) is 6.54 Å². The fourth-order valence-corrected chi connectivity index (χ4v) is 1.10. The van der Waals surface area contributed by atoms with E-state index in [2.05, 4.69) is 64.4 Å². The van der Waals surface area contributed by atoms with Crippen LogP contribution in [0.3, 0.4) is 0 Å². The third kappa shape index (κ3) is 6.00. The number of quaternary nitrogens is 1. The van der Waals surface area contributed by atoms with E-state index in [4.69, 9.17) is 0 Å². The average molecular weight is 204 g/mol. The number of hydrogen-bond donors (Lipinski definition) is 0. The molecule has 0 bridgehead atoms. The molecular formula is C14H22N+. The van der Waals surface area contributed by atoms with E-state index in [-0.39, 0.29) is 0 Å². The highest BCUT2D eigenvalue weighted by Gasteiger charge is 2.16.